The Morgan fingerprint density at radius 2 is 1.69 bits per heavy atom. The number of hydrogen-bond acceptors (Lipinski definition) is 3. The van der Waals surface area contributed by atoms with E-state index >= 15 is 0 Å². The van der Waals surface area contributed by atoms with Gasteiger partial charge in [-0.05, 0) is 36.4 Å². The average Bonchev–Trinajstić information content (AvgIpc) is 3.38. The molecule has 3 heterocycles. The standard InChI is InChI=1S/C20H20F3N5O/c21-15-3-5-16(6-4-15)28-19(26-7-1-2-8-26)17(13-24-28)20(29)27-11-9-25(10-12-27)14-18(22)23/h1-8,13,18H,9-12,14H2. The average molecular weight is 403 g/mol. The van der Waals surface area contributed by atoms with Crippen LogP contribution in [0.3, 0.4) is 0 Å². The molecule has 0 radical (unpaired) electrons. The van der Waals surface area contributed by atoms with Crippen LogP contribution in [0.25, 0.3) is 11.5 Å². The molecule has 2 aromatic heterocycles. The highest BCUT2D eigenvalue weighted by Crippen LogP contribution is 2.22. The smallest absolute Gasteiger partial charge is 0.259 e. The van der Waals surface area contributed by atoms with Crippen molar-refractivity contribution in [1.29, 1.82) is 0 Å². The van der Waals surface area contributed by atoms with E-state index in [1.165, 1.54) is 18.3 Å². The second kappa shape index (κ2) is 8.12. The van der Waals surface area contributed by atoms with Gasteiger partial charge >= 0.3 is 0 Å². The van der Waals surface area contributed by atoms with Gasteiger partial charge in [0.1, 0.15) is 11.4 Å². The summed E-state index contributed by atoms with van der Waals surface area (Å²) in [6.07, 6.45) is 2.71. The Morgan fingerprint density at radius 1 is 1.03 bits per heavy atom. The molecule has 1 aromatic carbocycles. The number of amides is 1. The highest BCUT2D eigenvalue weighted by atomic mass is 19.3. The SMILES string of the molecule is O=C(c1cnn(-c2ccc(F)cc2)c1-n1cccc1)N1CCN(CC(F)F)CC1. The van der Waals surface area contributed by atoms with Crippen LogP contribution in [0.2, 0.25) is 0 Å². The number of halogens is 3. The van der Waals surface area contributed by atoms with E-state index < -0.39 is 6.43 Å². The quantitative estimate of drug-likeness (QED) is 0.658. The second-order valence-corrected chi connectivity index (χ2v) is 6.84. The Kier molecular flexibility index (Phi) is 5.39. The fourth-order valence-electron chi connectivity index (χ4n) is 3.49. The van der Waals surface area contributed by atoms with Crippen molar-refractivity contribution in [2.75, 3.05) is 32.7 Å². The third kappa shape index (κ3) is 4.04. The molecule has 0 unspecified atom stereocenters. The van der Waals surface area contributed by atoms with Crippen molar-refractivity contribution in [3.63, 3.8) is 0 Å². The molecule has 0 bridgehead atoms. The molecule has 6 nitrogen and oxygen atoms in total. The molecule has 0 N–H and O–H groups in total. The topological polar surface area (TPSA) is 46.3 Å². The number of alkyl halides is 2. The van der Waals surface area contributed by atoms with Crippen LogP contribution in [0, 0.1) is 5.82 Å². The first-order valence-corrected chi connectivity index (χ1v) is 9.30. The summed E-state index contributed by atoms with van der Waals surface area (Å²) in [4.78, 5) is 16.5. The molecule has 1 aliphatic heterocycles. The van der Waals surface area contributed by atoms with Crippen LogP contribution in [0.5, 0.6) is 0 Å². The lowest BCUT2D eigenvalue weighted by Crippen LogP contribution is -2.49. The predicted molar refractivity (Wildman–Crippen MR) is 101 cm³/mol. The number of piperazine rings is 1. The Bertz CT molecular complexity index is 961. The molecule has 9 heteroatoms. The van der Waals surface area contributed by atoms with Crippen molar-refractivity contribution in [1.82, 2.24) is 24.1 Å². The molecule has 1 aliphatic rings. The molecule has 4 rings (SSSR count). The number of benzene rings is 1. The van der Waals surface area contributed by atoms with Crippen molar-refractivity contribution < 1.29 is 18.0 Å². The van der Waals surface area contributed by atoms with Crippen LogP contribution in [-0.4, -0.2) is 69.2 Å². The zero-order chi connectivity index (χ0) is 20.4. The molecule has 0 aliphatic carbocycles. The molecule has 152 valence electrons. The van der Waals surface area contributed by atoms with E-state index in [2.05, 4.69) is 5.10 Å². The number of hydrogen-bond donors (Lipinski definition) is 0. The lowest BCUT2D eigenvalue weighted by molar-refractivity contribution is 0.0459. The van der Waals surface area contributed by atoms with Gasteiger partial charge in [0.25, 0.3) is 12.3 Å². The summed E-state index contributed by atoms with van der Waals surface area (Å²) in [6, 6.07) is 9.51. The van der Waals surface area contributed by atoms with Gasteiger partial charge in [0.2, 0.25) is 0 Å². The highest BCUT2D eigenvalue weighted by Gasteiger charge is 2.28. The monoisotopic (exact) mass is 403 g/mol. The number of aromatic nitrogens is 3. The normalized spacial score (nSPS) is 15.2. The van der Waals surface area contributed by atoms with E-state index in [1.54, 1.807) is 43.6 Å². The maximum absolute atomic E-state index is 13.3. The van der Waals surface area contributed by atoms with Crippen LogP contribution in [0.4, 0.5) is 13.2 Å². The molecule has 0 spiro atoms. The first kappa shape index (κ1) is 19.3. The Balaban J connectivity index is 1.62. The molecule has 1 fully saturated rings. The van der Waals surface area contributed by atoms with Gasteiger partial charge in [0.15, 0.2) is 5.82 Å². The van der Waals surface area contributed by atoms with Crippen molar-refractivity contribution >= 4 is 5.91 Å². The summed E-state index contributed by atoms with van der Waals surface area (Å²) in [6.45, 7) is 1.28. The summed E-state index contributed by atoms with van der Waals surface area (Å²) in [5, 5.41) is 4.36. The van der Waals surface area contributed by atoms with Gasteiger partial charge in [0.05, 0.1) is 18.4 Å². The van der Waals surface area contributed by atoms with E-state index in [0.29, 0.717) is 43.2 Å². The summed E-state index contributed by atoms with van der Waals surface area (Å²) >= 11 is 0. The lowest BCUT2D eigenvalue weighted by Gasteiger charge is -2.34. The van der Waals surface area contributed by atoms with Gasteiger partial charge in [-0.15, -0.1) is 0 Å². The van der Waals surface area contributed by atoms with E-state index in [-0.39, 0.29) is 18.3 Å². The maximum Gasteiger partial charge on any atom is 0.259 e. The van der Waals surface area contributed by atoms with E-state index in [4.69, 9.17) is 0 Å². The lowest BCUT2D eigenvalue weighted by atomic mass is 10.2. The van der Waals surface area contributed by atoms with Gasteiger partial charge in [-0.2, -0.15) is 5.10 Å². The van der Waals surface area contributed by atoms with Gasteiger partial charge in [-0.3, -0.25) is 9.69 Å². The zero-order valence-corrected chi connectivity index (χ0v) is 15.6. The fraction of sp³-hybridized carbons (Fsp3) is 0.300. The minimum Gasteiger partial charge on any atom is -0.336 e. The van der Waals surface area contributed by atoms with Gasteiger partial charge in [-0.25, -0.2) is 17.9 Å². The third-order valence-electron chi connectivity index (χ3n) is 4.95. The molecule has 3 aromatic rings. The van der Waals surface area contributed by atoms with Crippen molar-refractivity contribution in [2.45, 2.75) is 6.43 Å². The van der Waals surface area contributed by atoms with Crippen LogP contribution in [-0.2, 0) is 0 Å². The van der Waals surface area contributed by atoms with Gasteiger partial charge < -0.3 is 9.47 Å². The maximum atomic E-state index is 13.3. The molecular formula is C20H20F3N5O. The van der Waals surface area contributed by atoms with E-state index in [1.807, 2.05) is 12.1 Å². The minimum absolute atomic E-state index is 0.209. The summed E-state index contributed by atoms with van der Waals surface area (Å²) in [5.74, 6) is -0.0261. The highest BCUT2D eigenvalue weighted by molar-refractivity contribution is 5.97. The Hall–Kier alpha value is -3.07. The minimum atomic E-state index is -2.38. The number of rotatable bonds is 5. The van der Waals surface area contributed by atoms with Crippen LogP contribution >= 0.6 is 0 Å². The predicted octanol–water partition coefficient (Wildman–Crippen LogP) is 2.83. The van der Waals surface area contributed by atoms with Crippen LogP contribution in [0.1, 0.15) is 10.4 Å². The molecular weight excluding hydrogens is 383 g/mol. The van der Waals surface area contributed by atoms with Gasteiger partial charge in [-0.1, -0.05) is 0 Å². The second-order valence-electron chi connectivity index (χ2n) is 6.84. The third-order valence-corrected chi connectivity index (χ3v) is 4.95. The zero-order valence-electron chi connectivity index (χ0n) is 15.6. The number of nitrogens with zero attached hydrogens (tertiary/aromatic N) is 5. The summed E-state index contributed by atoms with van der Waals surface area (Å²) in [7, 11) is 0. The molecule has 0 atom stereocenters. The largest absolute Gasteiger partial charge is 0.336 e. The molecule has 29 heavy (non-hydrogen) atoms. The summed E-state index contributed by atoms with van der Waals surface area (Å²) < 4.78 is 41.8. The molecule has 1 amide bonds. The van der Waals surface area contributed by atoms with Crippen LogP contribution < -0.4 is 0 Å². The first-order chi connectivity index (χ1) is 14.0. The Morgan fingerprint density at radius 3 is 2.31 bits per heavy atom. The van der Waals surface area contributed by atoms with Gasteiger partial charge in [0, 0.05) is 38.6 Å². The first-order valence-electron chi connectivity index (χ1n) is 9.30. The Labute approximate surface area is 165 Å². The number of carbonyl (C=O) groups excluding carboxylic acids is 1. The van der Waals surface area contributed by atoms with Crippen molar-refractivity contribution in [3.8, 4) is 11.5 Å². The van der Waals surface area contributed by atoms with Crippen molar-refractivity contribution in [3.05, 3.63) is 66.4 Å². The molecule has 1 saturated heterocycles. The van der Waals surface area contributed by atoms with Crippen molar-refractivity contribution in [2.24, 2.45) is 0 Å². The summed E-state index contributed by atoms with van der Waals surface area (Å²) in [5.41, 5.74) is 1.02. The fourth-order valence-corrected chi connectivity index (χ4v) is 3.49. The molecule has 0 saturated carbocycles. The van der Waals surface area contributed by atoms with E-state index in [0.717, 1.165) is 0 Å². The van der Waals surface area contributed by atoms with E-state index in [9.17, 15) is 18.0 Å². The number of carbonyl (C=O) groups is 1. The van der Waals surface area contributed by atoms with Crippen LogP contribution in [0.15, 0.2) is 55.0 Å².